The number of benzene rings is 2. The second-order valence-corrected chi connectivity index (χ2v) is 9.26. The molecule has 0 radical (unpaired) electrons. The molecule has 1 aliphatic heterocycles. The summed E-state index contributed by atoms with van der Waals surface area (Å²) in [6, 6.07) is 7.63. The van der Waals surface area contributed by atoms with Crippen LogP contribution in [0.25, 0.3) is 16.7 Å². The number of anilines is 2. The highest BCUT2D eigenvalue weighted by atomic mass is 19.4. The van der Waals surface area contributed by atoms with Gasteiger partial charge in [0.25, 0.3) is 5.78 Å². The molecule has 0 bridgehead atoms. The van der Waals surface area contributed by atoms with Crippen LogP contribution < -0.4 is 4.90 Å². The Morgan fingerprint density at radius 3 is 2.65 bits per heavy atom. The summed E-state index contributed by atoms with van der Waals surface area (Å²) in [7, 11) is 1.48. The van der Waals surface area contributed by atoms with Gasteiger partial charge >= 0.3 is 6.18 Å². The summed E-state index contributed by atoms with van der Waals surface area (Å²) in [5.41, 5.74) is 0.237. The number of rotatable bonds is 3. The molecule has 37 heavy (non-hydrogen) atoms. The number of alkyl halides is 3. The zero-order chi connectivity index (χ0) is 25.9. The van der Waals surface area contributed by atoms with Gasteiger partial charge in [-0.15, -0.1) is 10.2 Å². The Labute approximate surface area is 208 Å². The van der Waals surface area contributed by atoms with Crippen molar-refractivity contribution in [1.29, 1.82) is 0 Å². The fourth-order valence-corrected chi connectivity index (χ4v) is 4.89. The van der Waals surface area contributed by atoms with Crippen LogP contribution in [-0.2, 0) is 17.8 Å². The van der Waals surface area contributed by atoms with Crippen LogP contribution in [0.5, 0.6) is 0 Å². The van der Waals surface area contributed by atoms with E-state index in [1.807, 2.05) is 0 Å². The molecule has 6 nitrogen and oxygen atoms in total. The maximum Gasteiger partial charge on any atom is 0.405 e. The number of methoxy groups -OCH3 is 1. The fourth-order valence-electron chi connectivity index (χ4n) is 4.89. The Bertz CT molecular complexity index is 1610. The Kier molecular flexibility index (Phi) is 5.35. The third kappa shape index (κ3) is 3.70. The van der Waals surface area contributed by atoms with E-state index in [2.05, 4.69) is 27.0 Å². The molecule has 1 aliphatic carbocycles. The van der Waals surface area contributed by atoms with Crippen LogP contribution in [0.15, 0.2) is 30.3 Å². The molecule has 0 unspecified atom stereocenters. The van der Waals surface area contributed by atoms with Crippen molar-refractivity contribution in [3.05, 3.63) is 58.9 Å². The summed E-state index contributed by atoms with van der Waals surface area (Å²) in [6.07, 6.45) is -3.19. The minimum Gasteiger partial charge on any atom is -0.377 e. The largest absolute Gasteiger partial charge is 0.405 e. The number of hydrogen-bond donors (Lipinski definition) is 0. The van der Waals surface area contributed by atoms with E-state index in [4.69, 9.17) is 4.74 Å². The lowest BCUT2D eigenvalue weighted by Gasteiger charge is -2.32. The van der Waals surface area contributed by atoms with Crippen molar-refractivity contribution in [2.75, 3.05) is 18.6 Å². The SMILES string of the molecule is COCc1nnc2nc(N3CCCc4c(C#CC5(C(F)(F)F)CC5)cccc43)c3c(F)c(F)ccc3n12. The molecule has 11 heteroatoms. The maximum absolute atomic E-state index is 15.3. The molecule has 0 N–H and O–H groups in total. The third-order valence-electron chi connectivity index (χ3n) is 6.97. The molecular formula is C26H20F5N5O. The molecule has 0 spiro atoms. The zero-order valence-electron chi connectivity index (χ0n) is 19.7. The van der Waals surface area contributed by atoms with Crippen molar-refractivity contribution >= 4 is 28.2 Å². The highest BCUT2D eigenvalue weighted by molar-refractivity contribution is 5.95. The summed E-state index contributed by atoms with van der Waals surface area (Å²) >= 11 is 0. The van der Waals surface area contributed by atoms with E-state index >= 15 is 4.39 Å². The molecule has 0 atom stereocenters. The summed E-state index contributed by atoms with van der Waals surface area (Å²) in [5.74, 6) is 3.84. The van der Waals surface area contributed by atoms with E-state index in [1.54, 1.807) is 23.1 Å². The molecule has 190 valence electrons. The van der Waals surface area contributed by atoms with Crippen LogP contribution in [0.2, 0.25) is 0 Å². The van der Waals surface area contributed by atoms with Crippen molar-refractivity contribution in [3.8, 4) is 11.8 Å². The van der Waals surface area contributed by atoms with E-state index in [0.29, 0.717) is 42.0 Å². The first-order valence-electron chi connectivity index (χ1n) is 11.7. The first-order chi connectivity index (χ1) is 17.7. The summed E-state index contributed by atoms with van der Waals surface area (Å²) < 4.78 is 76.7. The molecular weight excluding hydrogens is 493 g/mol. The van der Waals surface area contributed by atoms with Crippen molar-refractivity contribution < 1.29 is 26.7 Å². The first kappa shape index (κ1) is 23.6. The minimum atomic E-state index is -4.37. The Morgan fingerprint density at radius 2 is 1.92 bits per heavy atom. The normalized spacial score (nSPS) is 16.5. The van der Waals surface area contributed by atoms with Gasteiger partial charge in [-0.1, -0.05) is 17.9 Å². The number of fused-ring (bicyclic) bond motifs is 4. The van der Waals surface area contributed by atoms with Crippen molar-refractivity contribution in [2.24, 2.45) is 5.41 Å². The van der Waals surface area contributed by atoms with Crippen LogP contribution in [0.1, 0.15) is 36.2 Å². The standard InChI is InChI=1S/C26H20F5N5O/c1-37-14-20-33-34-24-32-23(21-19(36(20)24)8-7-17(27)22(21)28)35-13-3-5-16-15(4-2-6-18(16)35)9-10-25(11-12-25)26(29,30)31/h2,4,6-8H,3,5,11-14H2,1H3. The number of nitrogens with zero attached hydrogens (tertiary/aromatic N) is 5. The highest BCUT2D eigenvalue weighted by Crippen LogP contribution is 2.57. The molecule has 0 saturated heterocycles. The van der Waals surface area contributed by atoms with Crippen molar-refractivity contribution in [2.45, 2.75) is 38.5 Å². The average Bonchev–Trinajstić information content (AvgIpc) is 3.59. The van der Waals surface area contributed by atoms with Gasteiger partial charge in [0, 0.05) is 24.9 Å². The Balaban J connectivity index is 1.53. The van der Waals surface area contributed by atoms with E-state index in [0.717, 1.165) is 11.6 Å². The van der Waals surface area contributed by atoms with Gasteiger partial charge < -0.3 is 9.64 Å². The molecule has 0 amide bonds. The van der Waals surface area contributed by atoms with Crippen LogP contribution in [0.3, 0.4) is 0 Å². The monoisotopic (exact) mass is 513 g/mol. The van der Waals surface area contributed by atoms with Crippen LogP contribution >= 0.6 is 0 Å². The highest BCUT2D eigenvalue weighted by Gasteiger charge is 2.62. The molecule has 2 aromatic carbocycles. The fraction of sp³-hybridized carbons (Fsp3) is 0.346. The van der Waals surface area contributed by atoms with E-state index < -0.39 is 23.2 Å². The smallest absolute Gasteiger partial charge is 0.377 e. The number of aromatic nitrogens is 4. The van der Waals surface area contributed by atoms with Gasteiger partial charge in [0.2, 0.25) is 0 Å². The average molecular weight is 513 g/mol. The van der Waals surface area contributed by atoms with Gasteiger partial charge in [-0.3, -0.25) is 4.40 Å². The second kappa shape index (κ2) is 8.38. The molecule has 2 aliphatic rings. The van der Waals surface area contributed by atoms with E-state index in [-0.39, 0.29) is 36.4 Å². The molecule has 1 saturated carbocycles. The Morgan fingerprint density at radius 1 is 1.11 bits per heavy atom. The minimum absolute atomic E-state index is 0.00514. The number of ether oxygens (including phenoxy) is 1. The van der Waals surface area contributed by atoms with Crippen LogP contribution in [0.4, 0.5) is 33.5 Å². The summed E-state index contributed by atoms with van der Waals surface area (Å²) in [4.78, 5) is 6.30. The van der Waals surface area contributed by atoms with Gasteiger partial charge in [-0.25, -0.2) is 8.78 Å². The molecule has 6 rings (SSSR count). The van der Waals surface area contributed by atoms with E-state index in [9.17, 15) is 17.6 Å². The first-order valence-corrected chi connectivity index (χ1v) is 11.7. The van der Waals surface area contributed by atoms with Crippen LogP contribution in [-0.4, -0.2) is 39.4 Å². The number of hydrogen-bond acceptors (Lipinski definition) is 5. The summed E-state index contributed by atoms with van der Waals surface area (Å²) in [5, 5.41) is 8.14. The molecule has 4 aromatic rings. The topological polar surface area (TPSA) is 55.6 Å². The van der Waals surface area contributed by atoms with Gasteiger partial charge in [0.05, 0.1) is 10.9 Å². The second-order valence-electron chi connectivity index (χ2n) is 9.26. The van der Waals surface area contributed by atoms with Gasteiger partial charge in [0.1, 0.15) is 17.8 Å². The lowest BCUT2D eigenvalue weighted by atomic mass is 9.95. The van der Waals surface area contributed by atoms with Gasteiger partial charge in [-0.05, 0) is 55.5 Å². The van der Waals surface area contributed by atoms with Crippen LogP contribution in [0, 0.1) is 28.9 Å². The molecule has 1 fully saturated rings. The zero-order valence-corrected chi connectivity index (χ0v) is 19.7. The maximum atomic E-state index is 15.3. The lowest BCUT2D eigenvalue weighted by molar-refractivity contribution is -0.168. The predicted octanol–water partition coefficient (Wildman–Crippen LogP) is 5.48. The Hall–Kier alpha value is -3.78. The van der Waals surface area contributed by atoms with Crippen molar-refractivity contribution in [1.82, 2.24) is 19.6 Å². The summed E-state index contributed by atoms with van der Waals surface area (Å²) in [6.45, 7) is 0.522. The third-order valence-corrected chi connectivity index (χ3v) is 6.97. The van der Waals surface area contributed by atoms with E-state index in [1.165, 1.54) is 17.6 Å². The number of halogens is 5. The quantitative estimate of drug-likeness (QED) is 0.268. The van der Waals surface area contributed by atoms with Crippen molar-refractivity contribution in [3.63, 3.8) is 0 Å². The lowest BCUT2D eigenvalue weighted by Crippen LogP contribution is -2.27. The van der Waals surface area contributed by atoms with Gasteiger partial charge in [0.15, 0.2) is 17.5 Å². The predicted molar refractivity (Wildman–Crippen MR) is 125 cm³/mol. The van der Waals surface area contributed by atoms with Gasteiger partial charge in [-0.2, -0.15) is 18.2 Å². The molecule has 2 aromatic heterocycles. The molecule has 3 heterocycles.